The van der Waals surface area contributed by atoms with Crippen molar-refractivity contribution in [1.29, 1.82) is 0 Å². The van der Waals surface area contributed by atoms with Gasteiger partial charge in [-0.3, -0.25) is 0 Å². The van der Waals surface area contributed by atoms with Crippen molar-refractivity contribution in [2.75, 3.05) is 13.1 Å². The number of nitrogens with zero attached hydrogens (tertiary/aromatic N) is 1. The predicted molar refractivity (Wildman–Crippen MR) is 36.0 cm³/mol. The van der Waals surface area contributed by atoms with E-state index < -0.39 is 6.09 Å². The number of hydrogen-bond acceptors (Lipinski definition) is 2. The van der Waals surface area contributed by atoms with Crippen LogP contribution in [0.3, 0.4) is 0 Å². The topological polar surface area (TPSA) is 57.6 Å². The van der Waals surface area contributed by atoms with Crippen molar-refractivity contribution in [2.24, 2.45) is 0 Å². The second-order valence-electron chi connectivity index (χ2n) is 1.90. The zero-order valence-electron chi connectivity index (χ0n) is 5.91. The fourth-order valence-corrected chi connectivity index (χ4v) is 0.625. The minimum Gasteiger partial charge on any atom is -0.465 e. The Kier molecular flexibility index (Phi) is 4.28. The molecule has 4 heteroatoms. The Bertz CT molecular complexity index is 124. The summed E-state index contributed by atoms with van der Waals surface area (Å²) in [5.41, 5.74) is 0. The predicted octanol–water partition coefficient (Wildman–Crippen LogP) is 0.575. The van der Waals surface area contributed by atoms with Gasteiger partial charge in [0.1, 0.15) is 6.29 Å². The van der Waals surface area contributed by atoms with Crippen LogP contribution in [0.2, 0.25) is 0 Å². The largest absolute Gasteiger partial charge is 0.465 e. The summed E-state index contributed by atoms with van der Waals surface area (Å²) >= 11 is 0. The van der Waals surface area contributed by atoms with Gasteiger partial charge in [-0.1, -0.05) is 6.92 Å². The van der Waals surface area contributed by atoms with E-state index in [0.717, 1.165) is 11.3 Å². The van der Waals surface area contributed by atoms with E-state index in [1.807, 2.05) is 6.92 Å². The molecule has 0 radical (unpaired) electrons. The molecule has 0 rings (SSSR count). The zero-order valence-corrected chi connectivity index (χ0v) is 5.91. The van der Waals surface area contributed by atoms with E-state index in [4.69, 9.17) is 5.11 Å². The highest BCUT2D eigenvalue weighted by Gasteiger charge is 2.07. The summed E-state index contributed by atoms with van der Waals surface area (Å²) in [6.07, 6.45) is 0.290. The lowest BCUT2D eigenvalue weighted by Crippen LogP contribution is -2.31. The monoisotopic (exact) mass is 145 g/mol. The van der Waals surface area contributed by atoms with E-state index in [1.54, 1.807) is 0 Å². The number of carboxylic acid groups (broad SMARTS) is 1. The maximum atomic E-state index is 10.2. The van der Waals surface area contributed by atoms with Crippen molar-refractivity contribution in [3.8, 4) is 0 Å². The zero-order chi connectivity index (χ0) is 7.98. The van der Waals surface area contributed by atoms with Crippen molar-refractivity contribution in [3.63, 3.8) is 0 Å². The van der Waals surface area contributed by atoms with Crippen molar-refractivity contribution in [1.82, 2.24) is 4.90 Å². The molecule has 0 heterocycles. The van der Waals surface area contributed by atoms with E-state index in [-0.39, 0.29) is 6.54 Å². The first-order valence-corrected chi connectivity index (χ1v) is 3.13. The highest BCUT2D eigenvalue weighted by atomic mass is 16.4. The van der Waals surface area contributed by atoms with Gasteiger partial charge < -0.3 is 14.8 Å². The average molecular weight is 145 g/mol. The first kappa shape index (κ1) is 8.94. The fourth-order valence-electron chi connectivity index (χ4n) is 0.625. The van der Waals surface area contributed by atoms with Crippen LogP contribution in [0, 0.1) is 0 Å². The van der Waals surface area contributed by atoms with E-state index in [0.29, 0.717) is 12.8 Å². The highest BCUT2D eigenvalue weighted by molar-refractivity contribution is 5.69. The second kappa shape index (κ2) is 4.78. The molecule has 0 fully saturated rings. The van der Waals surface area contributed by atoms with Gasteiger partial charge in [0.15, 0.2) is 0 Å². The SMILES string of the molecule is CCCN(CC=O)C(=O)O. The van der Waals surface area contributed by atoms with Crippen LogP contribution in [-0.4, -0.2) is 35.5 Å². The molecule has 1 amide bonds. The summed E-state index contributed by atoms with van der Waals surface area (Å²) in [7, 11) is 0. The Morgan fingerprint density at radius 3 is 2.60 bits per heavy atom. The Morgan fingerprint density at radius 1 is 1.70 bits per heavy atom. The lowest BCUT2D eigenvalue weighted by Gasteiger charge is -2.13. The molecule has 0 saturated carbocycles. The maximum Gasteiger partial charge on any atom is 0.407 e. The van der Waals surface area contributed by atoms with Gasteiger partial charge in [0.05, 0.1) is 6.54 Å². The molecular formula is C6H11NO3. The molecule has 1 N–H and O–H groups in total. The Labute approximate surface area is 59.4 Å². The number of hydrogen-bond donors (Lipinski definition) is 1. The van der Waals surface area contributed by atoms with E-state index in [9.17, 15) is 9.59 Å². The van der Waals surface area contributed by atoms with Gasteiger partial charge in [0.25, 0.3) is 0 Å². The van der Waals surface area contributed by atoms with Crippen molar-refractivity contribution in [3.05, 3.63) is 0 Å². The lowest BCUT2D eigenvalue weighted by molar-refractivity contribution is -0.108. The summed E-state index contributed by atoms with van der Waals surface area (Å²) in [6, 6.07) is 0. The summed E-state index contributed by atoms with van der Waals surface area (Å²) in [5.74, 6) is 0. The Hall–Kier alpha value is -1.06. The summed E-state index contributed by atoms with van der Waals surface area (Å²) < 4.78 is 0. The van der Waals surface area contributed by atoms with E-state index in [1.165, 1.54) is 0 Å². The van der Waals surface area contributed by atoms with Crippen LogP contribution in [0.5, 0.6) is 0 Å². The molecule has 0 aliphatic heterocycles. The molecule has 0 atom stereocenters. The van der Waals surface area contributed by atoms with Crippen LogP contribution >= 0.6 is 0 Å². The normalized spacial score (nSPS) is 8.90. The molecule has 0 unspecified atom stereocenters. The first-order chi connectivity index (χ1) is 4.72. The average Bonchev–Trinajstić information content (AvgIpc) is 1.87. The fraction of sp³-hybridized carbons (Fsp3) is 0.667. The van der Waals surface area contributed by atoms with Crippen molar-refractivity contribution >= 4 is 12.4 Å². The molecular weight excluding hydrogens is 134 g/mol. The first-order valence-electron chi connectivity index (χ1n) is 3.13. The van der Waals surface area contributed by atoms with Gasteiger partial charge >= 0.3 is 6.09 Å². The van der Waals surface area contributed by atoms with Crippen LogP contribution in [0.1, 0.15) is 13.3 Å². The quantitative estimate of drug-likeness (QED) is 0.588. The van der Waals surface area contributed by atoms with Gasteiger partial charge in [0.2, 0.25) is 0 Å². The molecule has 0 aliphatic rings. The molecule has 58 valence electrons. The molecule has 0 aromatic carbocycles. The number of carbonyl (C=O) groups is 2. The second-order valence-corrected chi connectivity index (χ2v) is 1.90. The molecule has 10 heavy (non-hydrogen) atoms. The summed E-state index contributed by atoms with van der Waals surface area (Å²) in [4.78, 5) is 21.2. The standard InChI is InChI=1S/C6H11NO3/c1-2-3-7(4-5-8)6(9)10/h5H,2-4H2,1H3,(H,9,10). The van der Waals surface area contributed by atoms with Gasteiger partial charge in [-0.05, 0) is 6.42 Å². The Morgan fingerprint density at radius 2 is 2.30 bits per heavy atom. The van der Waals surface area contributed by atoms with Crippen molar-refractivity contribution < 1.29 is 14.7 Å². The van der Waals surface area contributed by atoms with Gasteiger partial charge in [-0.25, -0.2) is 4.79 Å². The minimum absolute atomic E-state index is 0.0246. The van der Waals surface area contributed by atoms with Crippen molar-refractivity contribution in [2.45, 2.75) is 13.3 Å². The van der Waals surface area contributed by atoms with Crippen LogP contribution in [-0.2, 0) is 4.79 Å². The molecule has 0 aromatic rings. The van der Waals surface area contributed by atoms with Crippen LogP contribution in [0.4, 0.5) is 4.79 Å². The Balaban J connectivity index is 3.71. The third-order valence-corrected chi connectivity index (χ3v) is 1.06. The third kappa shape index (κ3) is 3.06. The maximum absolute atomic E-state index is 10.2. The third-order valence-electron chi connectivity index (χ3n) is 1.06. The van der Waals surface area contributed by atoms with Crippen LogP contribution in [0.15, 0.2) is 0 Å². The van der Waals surface area contributed by atoms with E-state index >= 15 is 0 Å². The lowest BCUT2D eigenvalue weighted by atomic mass is 10.4. The molecule has 4 nitrogen and oxygen atoms in total. The minimum atomic E-state index is -1.03. The summed E-state index contributed by atoms with van der Waals surface area (Å²) in [6.45, 7) is 2.26. The molecule has 0 aliphatic carbocycles. The number of rotatable bonds is 4. The number of amides is 1. The van der Waals surface area contributed by atoms with Crippen LogP contribution in [0.25, 0.3) is 0 Å². The van der Waals surface area contributed by atoms with E-state index in [2.05, 4.69) is 0 Å². The van der Waals surface area contributed by atoms with Gasteiger partial charge in [-0.2, -0.15) is 0 Å². The number of aldehydes is 1. The smallest absolute Gasteiger partial charge is 0.407 e. The molecule has 0 bridgehead atoms. The molecule has 0 saturated heterocycles. The van der Waals surface area contributed by atoms with Gasteiger partial charge in [-0.15, -0.1) is 0 Å². The molecule has 0 spiro atoms. The van der Waals surface area contributed by atoms with Crippen LogP contribution < -0.4 is 0 Å². The molecule has 0 aromatic heterocycles. The number of carbonyl (C=O) groups excluding carboxylic acids is 1. The summed E-state index contributed by atoms with van der Waals surface area (Å²) in [5, 5.41) is 8.40. The van der Waals surface area contributed by atoms with Gasteiger partial charge in [0, 0.05) is 6.54 Å². The highest BCUT2D eigenvalue weighted by Crippen LogP contribution is 1.89.